The number of hydrogen-bond donors (Lipinski definition) is 0. The van der Waals surface area contributed by atoms with Crippen LogP contribution in [0.5, 0.6) is 0 Å². The highest BCUT2D eigenvalue weighted by Crippen LogP contribution is 2.17. The van der Waals surface area contributed by atoms with E-state index in [9.17, 15) is 14.9 Å². The average molecular weight is 221 g/mol. The average Bonchev–Trinajstić information content (AvgIpc) is 2.30. The number of allylic oxidation sites excluding steroid dienone is 1. The van der Waals surface area contributed by atoms with Crippen LogP contribution in [0.2, 0.25) is 0 Å². The molecule has 1 aromatic rings. The molecule has 0 fully saturated rings. The van der Waals surface area contributed by atoms with Crippen LogP contribution in [0, 0.1) is 10.1 Å². The van der Waals surface area contributed by atoms with Crippen molar-refractivity contribution in [1.82, 2.24) is 0 Å². The highest BCUT2D eigenvalue weighted by Gasteiger charge is 2.06. The molecule has 1 aromatic carbocycles. The number of ether oxygens (including phenoxy) is 1. The lowest BCUT2D eigenvalue weighted by molar-refractivity contribution is -0.384. The summed E-state index contributed by atoms with van der Waals surface area (Å²) >= 11 is 0. The van der Waals surface area contributed by atoms with Crippen molar-refractivity contribution in [1.29, 1.82) is 0 Å². The van der Waals surface area contributed by atoms with Crippen LogP contribution in [0.4, 0.5) is 5.69 Å². The van der Waals surface area contributed by atoms with Gasteiger partial charge >= 0.3 is 0 Å². The van der Waals surface area contributed by atoms with E-state index in [2.05, 4.69) is 0 Å². The van der Waals surface area contributed by atoms with Crippen molar-refractivity contribution in [2.45, 2.75) is 6.92 Å². The Balaban J connectivity index is 2.95. The van der Waals surface area contributed by atoms with Crippen LogP contribution in [0.15, 0.2) is 30.5 Å². The van der Waals surface area contributed by atoms with Crippen LogP contribution in [0.25, 0.3) is 5.57 Å². The smallest absolute Gasteiger partial charge is 0.269 e. The summed E-state index contributed by atoms with van der Waals surface area (Å²) in [5.41, 5.74) is 0.941. The zero-order valence-corrected chi connectivity index (χ0v) is 8.75. The van der Waals surface area contributed by atoms with Gasteiger partial charge in [-0.2, -0.15) is 0 Å². The van der Waals surface area contributed by atoms with Crippen molar-refractivity contribution < 1.29 is 14.5 Å². The van der Waals surface area contributed by atoms with E-state index in [0.29, 0.717) is 24.0 Å². The van der Waals surface area contributed by atoms with Crippen molar-refractivity contribution in [2.24, 2.45) is 0 Å². The Kier molecular flexibility index (Phi) is 4.20. The van der Waals surface area contributed by atoms with Crippen molar-refractivity contribution in [2.75, 3.05) is 6.61 Å². The van der Waals surface area contributed by atoms with Gasteiger partial charge in [0.1, 0.15) is 0 Å². The Morgan fingerprint density at radius 2 is 2.06 bits per heavy atom. The van der Waals surface area contributed by atoms with Crippen LogP contribution >= 0.6 is 0 Å². The standard InChI is InChI=1S/C11H11NO4/c1-2-16-8-10(7-13)9-3-5-11(6-4-9)12(14)15/h3-8H,2H2,1H3/b10-8-. The third-order valence-corrected chi connectivity index (χ3v) is 1.92. The fourth-order valence-corrected chi connectivity index (χ4v) is 1.11. The highest BCUT2D eigenvalue weighted by atomic mass is 16.6. The number of hydrogen-bond acceptors (Lipinski definition) is 4. The summed E-state index contributed by atoms with van der Waals surface area (Å²) in [5.74, 6) is 0. The lowest BCUT2D eigenvalue weighted by Gasteiger charge is -2.00. The fourth-order valence-electron chi connectivity index (χ4n) is 1.11. The van der Waals surface area contributed by atoms with Crippen LogP contribution < -0.4 is 0 Å². The molecule has 0 aliphatic heterocycles. The van der Waals surface area contributed by atoms with E-state index in [1.807, 2.05) is 0 Å². The number of non-ortho nitro benzene ring substituents is 1. The largest absolute Gasteiger partial charge is 0.501 e. The van der Waals surface area contributed by atoms with Gasteiger partial charge in [0.05, 0.1) is 23.4 Å². The van der Waals surface area contributed by atoms with E-state index in [-0.39, 0.29) is 5.69 Å². The molecule has 0 radical (unpaired) electrons. The lowest BCUT2D eigenvalue weighted by Crippen LogP contribution is -1.91. The van der Waals surface area contributed by atoms with Gasteiger partial charge in [-0.05, 0) is 24.6 Å². The van der Waals surface area contributed by atoms with Gasteiger partial charge in [-0.15, -0.1) is 0 Å². The van der Waals surface area contributed by atoms with E-state index in [4.69, 9.17) is 4.74 Å². The lowest BCUT2D eigenvalue weighted by atomic mass is 10.1. The maximum Gasteiger partial charge on any atom is 0.269 e. The molecule has 84 valence electrons. The van der Waals surface area contributed by atoms with E-state index in [1.54, 1.807) is 6.92 Å². The Hall–Kier alpha value is -2.17. The molecule has 5 heteroatoms. The number of nitro groups is 1. The first-order valence-electron chi connectivity index (χ1n) is 4.70. The number of rotatable bonds is 5. The number of carbonyl (C=O) groups is 1. The third kappa shape index (κ3) is 2.91. The minimum Gasteiger partial charge on any atom is -0.501 e. The van der Waals surface area contributed by atoms with Crippen LogP contribution in [0.3, 0.4) is 0 Å². The summed E-state index contributed by atoms with van der Waals surface area (Å²) in [6.45, 7) is 2.26. The molecule has 0 atom stereocenters. The molecule has 0 amide bonds. The molecule has 0 bridgehead atoms. The third-order valence-electron chi connectivity index (χ3n) is 1.92. The van der Waals surface area contributed by atoms with Gasteiger partial charge in [0.2, 0.25) is 0 Å². The van der Waals surface area contributed by atoms with Crippen LogP contribution in [-0.2, 0) is 9.53 Å². The second kappa shape index (κ2) is 5.65. The van der Waals surface area contributed by atoms with Gasteiger partial charge in [0.25, 0.3) is 5.69 Å². The SMILES string of the molecule is CCO/C=C(/C=O)c1ccc([N+](=O)[O-])cc1. The molecule has 5 nitrogen and oxygen atoms in total. The molecule has 0 aromatic heterocycles. The van der Waals surface area contributed by atoms with Crippen LogP contribution in [0.1, 0.15) is 12.5 Å². The highest BCUT2D eigenvalue weighted by molar-refractivity contribution is 6.06. The summed E-state index contributed by atoms with van der Waals surface area (Å²) in [6, 6.07) is 5.71. The van der Waals surface area contributed by atoms with Crippen molar-refractivity contribution in [3.63, 3.8) is 0 Å². The summed E-state index contributed by atoms with van der Waals surface area (Å²) in [7, 11) is 0. The topological polar surface area (TPSA) is 69.4 Å². The first-order chi connectivity index (χ1) is 7.69. The predicted molar refractivity (Wildman–Crippen MR) is 58.8 cm³/mol. The molecule has 0 heterocycles. The Morgan fingerprint density at radius 3 is 2.50 bits per heavy atom. The molecular formula is C11H11NO4. The Bertz CT molecular complexity index is 408. The monoisotopic (exact) mass is 221 g/mol. The van der Waals surface area contributed by atoms with Gasteiger partial charge in [-0.25, -0.2) is 0 Å². The quantitative estimate of drug-likeness (QED) is 0.251. The summed E-state index contributed by atoms with van der Waals surface area (Å²) < 4.78 is 4.99. The maximum atomic E-state index is 10.7. The number of carbonyl (C=O) groups excluding carboxylic acids is 1. The van der Waals surface area contributed by atoms with E-state index >= 15 is 0 Å². The molecule has 0 aliphatic rings. The van der Waals surface area contributed by atoms with Gasteiger partial charge < -0.3 is 4.74 Å². The summed E-state index contributed by atoms with van der Waals surface area (Å²) in [4.78, 5) is 20.7. The maximum absolute atomic E-state index is 10.7. The number of aldehydes is 1. The summed E-state index contributed by atoms with van der Waals surface area (Å²) in [5, 5.41) is 10.4. The molecule has 0 aliphatic carbocycles. The van der Waals surface area contributed by atoms with Crippen molar-refractivity contribution in [3.05, 3.63) is 46.2 Å². The molecular weight excluding hydrogens is 210 g/mol. The predicted octanol–water partition coefficient (Wildman–Crippen LogP) is 2.17. The van der Waals surface area contributed by atoms with E-state index in [1.165, 1.54) is 30.5 Å². The van der Waals surface area contributed by atoms with Crippen LogP contribution in [-0.4, -0.2) is 17.8 Å². The molecule has 0 saturated heterocycles. The first-order valence-corrected chi connectivity index (χ1v) is 4.70. The van der Waals surface area contributed by atoms with Gasteiger partial charge in [-0.3, -0.25) is 14.9 Å². The number of nitrogens with zero attached hydrogens (tertiary/aromatic N) is 1. The zero-order chi connectivity index (χ0) is 12.0. The molecule has 0 saturated carbocycles. The van der Waals surface area contributed by atoms with Crippen molar-refractivity contribution in [3.8, 4) is 0 Å². The van der Waals surface area contributed by atoms with E-state index in [0.717, 1.165) is 0 Å². The summed E-state index contributed by atoms with van der Waals surface area (Å²) in [6.07, 6.45) is 1.99. The van der Waals surface area contributed by atoms with Gasteiger partial charge in [0, 0.05) is 12.1 Å². The normalized spacial score (nSPS) is 10.9. The Labute approximate surface area is 92.5 Å². The molecule has 0 unspecified atom stereocenters. The molecule has 0 N–H and O–H groups in total. The number of nitro benzene ring substituents is 1. The second-order valence-corrected chi connectivity index (χ2v) is 2.95. The minimum atomic E-state index is -0.489. The van der Waals surface area contributed by atoms with Gasteiger partial charge in [-0.1, -0.05) is 0 Å². The zero-order valence-electron chi connectivity index (χ0n) is 8.75. The number of benzene rings is 1. The van der Waals surface area contributed by atoms with Crippen molar-refractivity contribution >= 4 is 17.5 Å². The minimum absolute atomic E-state index is 0.00888. The second-order valence-electron chi connectivity index (χ2n) is 2.95. The Morgan fingerprint density at radius 1 is 1.44 bits per heavy atom. The van der Waals surface area contributed by atoms with Gasteiger partial charge in [0.15, 0.2) is 6.29 Å². The first kappa shape index (κ1) is 11.9. The van der Waals surface area contributed by atoms with E-state index < -0.39 is 4.92 Å². The molecule has 1 rings (SSSR count). The fraction of sp³-hybridized carbons (Fsp3) is 0.182. The molecule has 16 heavy (non-hydrogen) atoms. The molecule has 0 spiro atoms.